The summed E-state index contributed by atoms with van der Waals surface area (Å²) in [4.78, 5) is 13.6. The van der Waals surface area contributed by atoms with E-state index in [1.807, 2.05) is 6.07 Å². The second kappa shape index (κ2) is 3.85. The van der Waals surface area contributed by atoms with Gasteiger partial charge in [0.2, 0.25) is 0 Å². The largest absolute Gasteiger partial charge is 0.364 e. The molecule has 0 radical (unpaired) electrons. The molecule has 7 nitrogen and oxygen atoms in total. The molecule has 1 atom stereocenters. The number of rotatable bonds is 2. The number of nitrogens with zero attached hydrogens (tertiary/aromatic N) is 4. The Balaban J connectivity index is 1.95. The fourth-order valence-electron chi connectivity index (χ4n) is 2.20. The van der Waals surface area contributed by atoms with Crippen molar-refractivity contribution in [3.05, 3.63) is 22.6 Å². The van der Waals surface area contributed by atoms with E-state index < -0.39 is 0 Å². The van der Waals surface area contributed by atoms with E-state index in [9.17, 15) is 4.79 Å². The highest BCUT2D eigenvalue weighted by molar-refractivity contribution is 5.45. The minimum atomic E-state index is -0.309. The van der Waals surface area contributed by atoms with Crippen molar-refractivity contribution in [3.8, 4) is 0 Å². The van der Waals surface area contributed by atoms with Gasteiger partial charge < -0.3 is 10.6 Å². The third kappa shape index (κ3) is 1.68. The standard InChI is InChI=1S/C10H14N6O/c11-5-7-3-4-15(6-7)9-2-1-8-12-13-10(17)16(8)14-9/h1-2,7H,3-6,11H2,(H,13,17). The van der Waals surface area contributed by atoms with Crippen LogP contribution in [-0.2, 0) is 0 Å². The van der Waals surface area contributed by atoms with Crippen LogP contribution in [0, 0.1) is 5.92 Å². The molecule has 1 unspecified atom stereocenters. The molecule has 2 aromatic rings. The number of anilines is 1. The number of nitrogens with two attached hydrogens (primary N) is 1. The monoisotopic (exact) mass is 234 g/mol. The van der Waals surface area contributed by atoms with E-state index in [1.165, 1.54) is 4.52 Å². The number of aromatic amines is 1. The van der Waals surface area contributed by atoms with Gasteiger partial charge in [-0.1, -0.05) is 0 Å². The Morgan fingerprint density at radius 1 is 1.53 bits per heavy atom. The zero-order valence-electron chi connectivity index (χ0n) is 9.33. The summed E-state index contributed by atoms with van der Waals surface area (Å²) in [7, 11) is 0. The normalized spacial score (nSPS) is 20.3. The smallest absolute Gasteiger partial charge is 0.355 e. The molecule has 0 bridgehead atoms. The van der Waals surface area contributed by atoms with Crippen LogP contribution in [0.4, 0.5) is 5.82 Å². The van der Waals surface area contributed by atoms with Crippen molar-refractivity contribution in [3.63, 3.8) is 0 Å². The number of hydrogen-bond acceptors (Lipinski definition) is 5. The first-order chi connectivity index (χ1) is 8.28. The summed E-state index contributed by atoms with van der Waals surface area (Å²) in [5.74, 6) is 1.32. The molecule has 0 aromatic carbocycles. The number of hydrogen-bond donors (Lipinski definition) is 2. The lowest BCUT2D eigenvalue weighted by atomic mass is 10.1. The number of aromatic nitrogens is 4. The van der Waals surface area contributed by atoms with Gasteiger partial charge in [0.1, 0.15) is 5.82 Å². The molecule has 3 N–H and O–H groups in total. The molecule has 0 saturated carbocycles. The molecule has 0 amide bonds. The fraction of sp³-hybridized carbons (Fsp3) is 0.500. The summed E-state index contributed by atoms with van der Waals surface area (Å²) in [6.07, 6.45) is 1.08. The summed E-state index contributed by atoms with van der Waals surface area (Å²) in [5, 5.41) is 10.5. The van der Waals surface area contributed by atoms with Crippen molar-refractivity contribution >= 4 is 11.5 Å². The van der Waals surface area contributed by atoms with Gasteiger partial charge in [-0.15, -0.1) is 5.10 Å². The third-order valence-electron chi connectivity index (χ3n) is 3.20. The zero-order valence-corrected chi connectivity index (χ0v) is 9.33. The van der Waals surface area contributed by atoms with E-state index >= 15 is 0 Å². The molecule has 1 fully saturated rings. The quantitative estimate of drug-likeness (QED) is 0.710. The van der Waals surface area contributed by atoms with Crippen LogP contribution < -0.4 is 16.3 Å². The zero-order chi connectivity index (χ0) is 11.8. The second-order valence-corrected chi connectivity index (χ2v) is 4.33. The van der Waals surface area contributed by atoms with Gasteiger partial charge in [0, 0.05) is 13.1 Å². The predicted molar refractivity (Wildman–Crippen MR) is 63.0 cm³/mol. The van der Waals surface area contributed by atoms with E-state index in [0.717, 1.165) is 25.3 Å². The van der Waals surface area contributed by atoms with Crippen LogP contribution in [0.1, 0.15) is 6.42 Å². The molecule has 0 spiro atoms. The Morgan fingerprint density at radius 2 is 2.41 bits per heavy atom. The van der Waals surface area contributed by atoms with Gasteiger partial charge in [-0.2, -0.15) is 9.61 Å². The molecular weight excluding hydrogens is 220 g/mol. The summed E-state index contributed by atoms with van der Waals surface area (Å²) in [5.41, 5.74) is 5.88. The molecule has 1 aliphatic rings. The minimum Gasteiger partial charge on any atom is -0.355 e. The number of fused-ring (bicyclic) bond motifs is 1. The van der Waals surface area contributed by atoms with Gasteiger partial charge in [-0.25, -0.2) is 9.89 Å². The van der Waals surface area contributed by atoms with E-state index in [1.54, 1.807) is 6.07 Å². The van der Waals surface area contributed by atoms with E-state index in [-0.39, 0.29) is 5.69 Å². The van der Waals surface area contributed by atoms with Crippen LogP contribution in [0.3, 0.4) is 0 Å². The molecular formula is C10H14N6O. The van der Waals surface area contributed by atoms with E-state index in [2.05, 4.69) is 20.2 Å². The Morgan fingerprint density at radius 3 is 3.18 bits per heavy atom. The van der Waals surface area contributed by atoms with Crippen LogP contribution in [-0.4, -0.2) is 39.4 Å². The van der Waals surface area contributed by atoms with Crippen molar-refractivity contribution in [2.75, 3.05) is 24.5 Å². The molecule has 2 aromatic heterocycles. The fourth-order valence-corrected chi connectivity index (χ4v) is 2.20. The number of nitrogens with one attached hydrogen (secondary N) is 1. The molecule has 17 heavy (non-hydrogen) atoms. The van der Waals surface area contributed by atoms with Crippen LogP contribution in [0.5, 0.6) is 0 Å². The maximum Gasteiger partial charge on any atom is 0.364 e. The Hall–Kier alpha value is -1.89. The van der Waals surface area contributed by atoms with E-state index in [0.29, 0.717) is 18.1 Å². The van der Waals surface area contributed by atoms with Crippen LogP contribution in [0.15, 0.2) is 16.9 Å². The lowest BCUT2D eigenvalue weighted by molar-refractivity contribution is 0.602. The van der Waals surface area contributed by atoms with Gasteiger partial charge in [-0.3, -0.25) is 0 Å². The van der Waals surface area contributed by atoms with Gasteiger partial charge >= 0.3 is 5.69 Å². The lowest BCUT2D eigenvalue weighted by Gasteiger charge is -2.16. The Labute approximate surface area is 97.2 Å². The summed E-state index contributed by atoms with van der Waals surface area (Å²) >= 11 is 0. The topological polar surface area (TPSA) is 92.3 Å². The highest BCUT2D eigenvalue weighted by Gasteiger charge is 2.22. The van der Waals surface area contributed by atoms with Crippen molar-refractivity contribution in [2.24, 2.45) is 11.7 Å². The molecule has 7 heteroatoms. The van der Waals surface area contributed by atoms with Gasteiger partial charge in [0.15, 0.2) is 5.65 Å². The lowest BCUT2D eigenvalue weighted by Crippen LogP contribution is -2.25. The highest BCUT2D eigenvalue weighted by atomic mass is 16.2. The van der Waals surface area contributed by atoms with Crippen molar-refractivity contribution in [1.82, 2.24) is 19.8 Å². The van der Waals surface area contributed by atoms with E-state index in [4.69, 9.17) is 5.73 Å². The molecule has 3 rings (SSSR count). The molecule has 0 aliphatic carbocycles. The first-order valence-corrected chi connectivity index (χ1v) is 5.67. The summed E-state index contributed by atoms with van der Waals surface area (Å²) in [6.45, 7) is 2.54. The molecule has 90 valence electrons. The summed E-state index contributed by atoms with van der Waals surface area (Å²) < 4.78 is 1.28. The molecule has 1 saturated heterocycles. The van der Waals surface area contributed by atoms with Gasteiger partial charge in [0.05, 0.1) is 0 Å². The van der Waals surface area contributed by atoms with Gasteiger partial charge in [-0.05, 0) is 31.0 Å². The van der Waals surface area contributed by atoms with Gasteiger partial charge in [0.25, 0.3) is 0 Å². The van der Waals surface area contributed by atoms with Crippen molar-refractivity contribution in [1.29, 1.82) is 0 Å². The van der Waals surface area contributed by atoms with Crippen LogP contribution in [0.2, 0.25) is 0 Å². The van der Waals surface area contributed by atoms with Crippen LogP contribution in [0.25, 0.3) is 5.65 Å². The maximum absolute atomic E-state index is 11.4. The predicted octanol–water partition coefficient (Wildman–Crippen LogP) is -0.797. The van der Waals surface area contributed by atoms with Crippen molar-refractivity contribution in [2.45, 2.75) is 6.42 Å². The SMILES string of the molecule is NCC1CCN(c2ccc3n[nH]c(=O)n3n2)C1. The van der Waals surface area contributed by atoms with Crippen LogP contribution >= 0.6 is 0 Å². The Bertz CT molecular complexity index is 588. The van der Waals surface area contributed by atoms with Crippen molar-refractivity contribution < 1.29 is 0 Å². The molecule has 1 aliphatic heterocycles. The highest BCUT2D eigenvalue weighted by Crippen LogP contribution is 2.20. The number of H-pyrrole nitrogens is 1. The third-order valence-corrected chi connectivity index (χ3v) is 3.20. The second-order valence-electron chi connectivity index (χ2n) is 4.33. The summed E-state index contributed by atoms with van der Waals surface area (Å²) in [6, 6.07) is 3.67. The first kappa shape index (κ1) is 10.3. The molecule has 3 heterocycles. The maximum atomic E-state index is 11.4. The minimum absolute atomic E-state index is 0.309. The Kier molecular flexibility index (Phi) is 2.32. The first-order valence-electron chi connectivity index (χ1n) is 5.67. The average molecular weight is 234 g/mol. The average Bonchev–Trinajstić information content (AvgIpc) is 2.96.